The van der Waals surface area contributed by atoms with E-state index < -0.39 is 5.72 Å². The molecule has 0 saturated heterocycles. The van der Waals surface area contributed by atoms with Crippen molar-refractivity contribution in [1.82, 2.24) is 5.32 Å². The van der Waals surface area contributed by atoms with Crippen LogP contribution in [-0.2, 0) is 0 Å². The standard InChI is InChI=1S/C14H21NO/c1-12(13-8-4-2-5-9-13)15-14(16)10-6-3-7-11-14/h2,4-5,8-9,12,15-16H,3,6-7,10-11H2,1H3/t12-/m1/s1. The molecule has 0 spiro atoms. The largest absolute Gasteiger partial charge is 0.376 e. The highest BCUT2D eigenvalue weighted by atomic mass is 16.3. The summed E-state index contributed by atoms with van der Waals surface area (Å²) in [4.78, 5) is 0. The second-order valence-corrected chi connectivity index (χ2v) is 4.87. The number of nitrogens with one attached hydrogen (secondary N) is 1. The molecular formula is C14H21NO. The Morgan fingerprint density at radius 2 is 1.75 bits per heavy atom. The molecule has 1 aromatic carbocycles. The average molecular weight is 219 g/mol. The van der Waals surface area contributed by atoms with Crippen molar-refractivity contribution in [2.75, 3.05) is 0 Å². The summed E-state index contributed by atoms with van der Waals surface area (Å²) in [5.74, 6) is 0. The normalized spacial score (nSPS) is 21.6. The van der Waals surface area contributed by atoms with Crippen molar-refractivity contribution in [3.8, 4) is 0 Å². The summed E-state index contributed by atoms with van der Waals surface area (Å²) < 4.78 is 0. The molecule has 0 unspecified atom stereocenters. The molecule has 88 valence electrons. The summed E-state index contributed by atoms with van der Waals surface area (Å²) >= 11 is 0. The number of aliphatic hydroxyl groups is 1. The fourth-order valence-electron chi connectivity index (χ4n) is 2.51. The lowest BCUT2D eigenvalue weighted by Crippen LogP contribution is -2.47. The molecule has 2 heteroatoms. The highest BCUT2D eigenvalue weighted by Crippen LogP contribution is 2.28. The minimum absolute atomic E-state index is 0.212. The molecule has 0 radical (unpaired) electrons. The third kappa shape index (κ3) is 2.83. The molecule has 1 fully saturated rings. The number of hydrogen-bond acceptors (Lipinski definition) is 2. The minimum Gasteiger partial charge on any atom is -0.376 e. The highest BCUT2D eigenvalue weighted by molar-refractivity contribution is 5.18. The molecule has 16 heavy (non-hydrogen) atoms. The van der Waals surface area contributed by atoms with Gasteiger partial charge in [-0.05, 0) is 38.2 Å². The van der Waals surface area contributed by atoms with Crippen molar-refractivity contribution in [3.63, 3.8) is 0 Å². The first-order valence-electron chi connectivity index (χ1n) is 6.25. The molecule has 2 N–H and O–H groups in total. The van der Waals surface area contributed by atoms with Crippen LogP contribution in [0.5, 0.6) is 0 Å². The van der Waals surface area contributed by atoms with Gasteiger partial charge in [-0.15, -0.1) is 0 Å². The summed E-state index contributed by atoms with van der Waals surface area (Å²) in [5, 5.41) is 13.8. The van der Waals surface area contributed by atoms with Crippen LogP contribution in [-0.4, -0.2) is 10.8 Å². The third-order valence-corrected chi connectivity index (χ3v) is 3.47. The van der Waals surface area contributed by atoms with Crippen LogP contribution >= 0.6 is 0 Å². The first-order valence-corrected chi connectivity index (χ1v) is 6.25. The average Bonchev–Trinajstić information content (AvgIpc) is 2.30. The maximum atomic E-state index is 10.4. The van der Waals surface area contributed by atoms with Crippen LogP contribution in [0.15, 0.2) is 30.3 Å². The van der Waals surface area contributed by atoms with Gasteiger partial charge in [-0.1, -0.05) is 36.8 Å². The van der Waals surface area contributed by atoms with Crippen molar-refractivity contribution < 1.29 is 5.11 Å². The van der Waals surface area contributed by atoms with Gasteiger partial charge in [0.1, 0.15) is 5.72 Å². The molecule has 0 amide bonds. The Balaban J connectivity index is 1.98. The van der Waals surface area contributed by atoms with E-state index in [1.807, 2.05) is 18.2 Å². The molecule has 0 bridgehead atoms. The fraction of sp³-hybridized carbons (Fsp3) is 0.571. The van der Waals surface area contributed by atoms with E-state index in [1.165, 1.54) is 12.0 Å². The van der Waals surface area contributed by atoms with E-state index in [4.69, 9.17) is 0 Å². The minimum atomic E-state index is -0.645. The van der Waals surface area contributed by atoms with Crippen LogP contribution in [0.4, 0.5) is 0 Å². The van der Waals surface area contributed by atoms with Crippen molar-refractivity contribution in [1.29, 1.82) is 0 Å². The smallest absolute Gasteiger partial charge is 0.116 e. The second-order valence-electron chi connectivity index (χ2n) is 4.87. The fourth-order valence-corrected chi connectivity index (χ4v) is 2.51. The van der Waals surface area contributed by atoms with Crippen LogP contribution in [0.1, 0.15) is 50.6 Å². The molecule has 1 aliphatic carbocycles. The van der Waals surface area contributed by atoms with E-state index in [-0.39, 0.29) is 6.04 Å². The Bertz CT molecular complexity index is 317. The van der Waals surface area contributed by atoms with E-state index in [9.17, 15) is 5.11 Å². The first-order chi connectivity index (χ1) is 7.70. The van der Waals surface area contributed by atoms with E-state index >= 15 is 0 Å². The lowest BCUT2D eigenvalue weighted by Gasteiger charge is -2.35. The molecule has 2 nitrogen and oxygen atoms in total. The maximum absolute atomic E-state index is 10.4. The van der Waals surface area contributed by atoms with Gasteiger partial charge in [0, 0.05) is 6.04 Å². The predicted molar refractivity (Wildman–Crippen MR) is 66.0 cm³/mol. The lowest BCUT2D eigenvalue weighted by molar-refractivity contribution is -0.0363. The summed E-state index contributed by atoms with van der Waals surface area (Å²) in [7, 11) is 0. The molecule has 1 atom stereocenters. The molecule has 2 rings (SSSR count). The highest BCUT2D eigenvalue weighted by Gasteiger charge is 2.30. The van der Waals surface area contributed by atoms with Gasteiger partial charge < -0.3 is 5.11 Å². The molecule has 0 heterocycles. The van der Waals surface area contributed by atoms with Gasteiger partial charge in [-0.3, -0.25) is 5.32 Å². The van der Waals surface area contributed by atoms with Gasteiger partial charge in [-0.2, -0.15) is 0 Å². The molecule has 1 aliphatic rings. The monoisotopic (exact) mass is 219 g/mol. The van der Waals surface area contributed by atoms with Gasteiger partial charge in [-0.25, -0.2) is 0 Å². The van der Waals surface area contributed by atoms with E-state index in [2.05, 4.69) is 24.4 Å². The van der Waals surface area contributed by atoms with Gasteiger partial charge >= 0.3 is 0 Å². The van der Waals surface area contributed by atoms with Crippen molar-refractivity contribution in [2.45, 2.75) is 50.8 Å². The molecule has 1 saturated carbocycles. The Kier molecular flexibility index (Phi) is 3.62. The Morgan fingerprint density at radius 3 is 2.38 bits per heavy atom. The zero-order chi connectivity index (χ0) is 11.4. The van der Waals surface area contributed by atoms with Gasteiger partial charge in [0.05, 0.1) is 0 Å². The second kappa shape index (κ2) is 4.98. The van der Waals surface area contributed by atoms with Crippen LogP contribution in [0.2, 0.25) is 0 Å². The first kappa shape index (κ1) is 11.6. The Hall–Kier alpha value is -0.860. The number of benzene rings is 1. The Morgan fingerprint density at radius 1 is 1.12 bits per heavy atom. The summed E-state index contributed by atoms with van der Waals surface area (Å²) in [6.07, 6.45) is 5.27. The van der Waals surface area contributed by atoms with Crippen LogP contribution < -0.4 is 5.32 Å². The predicted octanol–water partition coefficient (Wildman–Crippen LogP) is 2.99. The molecular weight excluding hydrogens is 198 g/mol. The summed E-state index contributed by atoms with van der Waals surface area (Å²) in [6, 6.07) is 10.5. The van der Waals surface area contributed by atoms with Gasteiger partial charge in [0.25, 0.3) is 0 Å². The van der Waals surface area contributed by atoms with Gasteiger partial charge in [0.2, 0.25) is 0 Å². The van der Waals surface area contributed by atoms with Crippen molar-refractivity contribution in [3.05, 3.63) is 35.9 Å². The third-order valence-electron chi connectivity index (χ3n) is 3.47. The van der Waals surface area contributed by atoms with Crippen molar-refractivity contribution in [2.24, 2.45) is 0 Å². The SMILES string of the molecule is C[C@@H](NC1(O)CCCCC1)c1ccccc1. The van der Waals surface area contributed by atoms with E-state index in [0.29, 0.717) is 0 Å². The van der Waals surface area contributed by atoms with Crippen LogP contribution in [0.3, 0.4) is 0 Å². The zero-order valence-corrected chi connectivity index (χ0v) is 9.95. The number of hydrogen-bond donors (Lipinski definition) is 2. The van der Waals surface area contributed by atoms with Gasteiger partial charge in [0.15, 0.2) is 0 Å². The van der Waals surface area contributed by atoms with Crippen LogP contribution in [0, 0.1) is 0 Å². The zero-order valence-electron chi connectivity index (χ0n) is 9.95. The summed E-state index contributed by atoms with van der Waals surface area (Å²) in [6.45, 7) is 2.11. The topological polar surface area (TPSA) is 32.3 Å². The summed E-state index contributed by atoms with van der Waals surface area (Å²) in [5.41, 5.74) is 0.592. The Labute approximate surface area is 97.7 Å². The lowest BCUT2D eigenvalue weighted by atomic mass is 9.90. The molecule has 1 aromatic rings. The molecule has 0 aromatic heterocycles. The quantitative estimate of drug-likeness (QED) is 0.766. The molecule has 0 aliphatic heterocycles. The van der Waals surface area contributed by atoms with Crippen molar-refractivity contribution >= 4 is 0 Å². The maximum Gasteiger partial charge on any atom is 0.116 e. The van der Waals surface area contributed by atoms with Crippen LogP contribution in [0.25, 0.3) is 0 Å². The van der Waals surface area contributed by atoms with E-state index in [0.717, 1.165) is 25.7 Å². The number of rotatable bonds is 3. The van der Waals surface area contributed by atoms with E-state index in [1.54, 1.807) is 0 Å².